The first-order chi connectivity index (χ1) is 12.5. The second-order valence-electron chi connectivity index (χ2n) is 7.09. The lowest BCUT2D eigenvalue weighted by Gasteiger charge is -2.47. The zero-order valence-corrected chi connectivity index (χ0v) is 15.4. The van der Waals surface area contributed by atoms with Crippen LogP contribution in [0.1, 0.15) is 19.4 Å². The van der Waals surface area contributed by atoms with Crippen LogP contribution in [-0.4, -0.2) is 66.9 Å². The molecule has 3 rings (SSSR count). The molecule has 0 aromatic heterocycles. The minimum Gasteiger partial charge on any atom is -0.345 e. The fraction of sp³-hybridized carbons (Fsp3) is 0.579. The van der Waals surface area contributed by atoms with E-state index in [1.165, 1.54) is 0 Å². The molecule has 2 saturated heterocycles. The fourth-order valence-electron chi connectivity index (χ4n) is 3.31. The van der Waals surface area contributed by atoms with Gasteiger partial charge in [-0.3, -0.25) is 4.79 Å². The summed E-state index contributed by atoms with van der Waals surface area (Å²) in [5.41, 5.74) is 1.05. The van der Waals surface area contributed by atoms with Crippen LogP contribution in [0.5, 0.6) is 0 Å². The van der Waals surface area contributed by atoms with Crippen molar-refractivity contribution in [3.8, 4) is 0 Å². The Labute approximate surface area is 154 Å². The fourth-order valence-corrected chi connectivity index (χ4v) is 3.31. The van der Waals surface area contributed by atoms with Crippen molar-refractivity contribution in [2.24, 2.45) is 5.92 Å². The summed E-state index contributed by atoms with van der Waals surface area (Å²) in [4.78, 5) is 28.3. The van der Waals surface area contributed by atoms with Gasteiger partial charge >= 0.3 is 6.03 Å². The van der Waals surface area contributed by atoms with Crippen molar-refractivity contribution in [1.29, 1.82) is 0 Å². The maximum Gasteiger partial charge on any atom is 0.317 e. The van der Waals surface area contributed by atoms with Gasteiger partial charge in [-0.25, -0.2) is 4.79 Å². The molecule has 0 saturated carbocycles. The van der Waals surface area contributed by atoms with Crippen LogP contribution in [0.3, 0.4) is 0 Å². The molecule has 1 unspecified atom stereocenters. The summed E-state index contributed by atoms with van der Waals surface area (Å²) >= 11 is 0. The SMILES string of the molecule is CC(C)C(=O)N1CCOC2(CN(C(=O)NCc3ccccc3)CCO2)C1. The highest BCUT2D eigenvalue weighted by atomic mass is 16.7. The first kappa shape index (κ1) is 18.7. The normalized spacial score (nSPS) is 23.3. The standard InChI is InChI=1S/C19H27N3O4/c1-15(2)17(23)21-8-10-25-19(13-21)14-22(9-11-26-19)18(24)20-12-16-6-4-3-5-7-16/h3-7,15H,8-14H2,1-2H3,(H,20,24). The highest BCUT2D eigenvalue weighted by Crippen LogP contribution is 2.25. The zero-order valence-electron chi connectivity index (χ0n) is 15.4. The zero-order chi connectivity index (χ0) is 18.6. The second-order valence-corrected chi connectivity index (χ2v) is 7.09. The van der Waals surface area contributed by atoms with E-state index in [1.54, 1.807) is 9.80 Å². The van der Waals surface area contributed by atoms with Gasteiger partial charge in [0.1, 0.15) is 0 Å². The summed E-state index contributed by atoms with van der Waals surface area (Å²) < 4.78 is 11.7. The van der Waals surface area contributed by atoms with Crippen LogP contribution in [0.25, 0.3) is 0 Å². The Morgan fingerprint density at radius 2 is 1.69 bits per heavy atom. The van der Waals surface area contributed by atoms with Crippen molar-refractivity contribution in [3.05, 3.63) is 35.9 Å². The summed E-state index contributed by atoms with van der Waals surface area (Å²) in [6.07, 6.45) is 0. The Bertz CT molecular complexity index is 633. The molecule has 2 aliphatic rings. The van der Waals surface area contributed by atoms with Gasteiger partial charge in [0.2, 0.25) is 11.7 Å². The number of rotatable bonds is 3. The molecule has 0 radical (unpaired) electrons. The van der Waals surface area contributed by atoms with E-state index in [9.17, 15) is 9.59 Å². The molecule has 1 aromatic carbocycles. The van der Waals surface area contributed by atoms with Gasteiger partial charge < -0.3 is 24.6 Å². The van der Waals surface area contributed by atoms with Crippen LogP contribution in [0.2, 0.25) is 0 Å². The second kappa shape index (κ2) is 8.05. The number of urea groups is 1. The van der Waals surface area contributed by atoms with Crippen LogP contribution in [0.4, 0.5) is 4.79 Å². The van der Waals surface area contributed by atoms with Gasteiger partial charge in [-0.1, -0.05) is 44.2 Å². The number of ether oxygens (including phenoxy) is 2. The first-order valence-corrected chi connectivity index (χ1v) is 9.12. The molecule has 0 aliphatic carbocycles. The van der Waals surface area contributed by atoms with E-state index in [-0.39, 0.29) is 17.9 Å². The van der Waals surface area contributed by atoms with Crippen molar-refractivity contribution < 1.29 is 19.1 Å². The minimum atomic E-state index is -0.925. The summed E-state index contributed by atoms with van der Waals surface area (Å²) in [6.45, 7) is 6.78. The van der Waals surface area contributed by atoms with Crippen molar-refractivity contribution >= 4 is 11.9 Å². The highest BCUT2D eigenvalue weighted by Gasteiger charge is 2.44. The number of nitrogens with zero attached hydrogens (tertiary/aromatic N) is 2. The number of carbonyl (C=O) groups excluding carboxylic acids is 2. The van der Waals surface area contributed by atoms with E-state index in [4.69, 9.17) is 9.47 Å². The molecule has 7 heteroatoms. The predicted molar refractivity (Wildman–Crippen MR) is 96.3 cm³/mol. The number of carbonyl (C=O) groups is 2. The van der Waals surface area contributed by atoms with Crippen LogP contribution in [0.15, 0.2) is 30.3 Å². The number of hydrogen-bond acceptors (Lipinski definition) is 4. The number of hydrogen-bond donors (Lipinski definition) is 1. The first-order valence-electron chi connectivity index (χ1n) is 9.12. The average Bonchev–Trinajstić information content (AvgIpc) is 2.66. The Hall–Kier alpha value is -2.12. The van der Waals surface area contributed by atoms with Gasteiger partial charge in [0.15, 0.2) is 0 Å². The number of benzene rings is 1. The number of nitrogens with one attached hydrogen (secondary N) is 1. The van der Waals surface area contributed by atoms with Gasteiger partial charge in [0.05, 0.1) is 26.3 Å². The van der Waals surface area contributed by atoms with Crippen LogP contribution < -0.4 is 5.32 Å². The maximum absolute atomic E-state index is 12.5. The molecular weight excluding hydrogens is 334 g/mol. The van der Waals surface area contributed by atoms with Crippen molar-refractivity contribution in [2.45, 2.75) is 26.2 Å². The van der Waals surface area contributed by atoms with Crippen LogP contribution >= 0.6 is 0 Å². The molecule has 1 aromatic rings. The summed E-state index contributed by atoms with van der Waals surface area (Å²) in [5.74, 6) is -0.911. The summed E-state index contributed by atoms with van der Waals surface area (Å²) in [6, 6.07) is 9.64. The van der Waals surface area contributed by atoms with Gasteiger partial charge in [-0.05, 0) is 5.56 Å². The maximum atomic E-state index is 12.5. The highest BCUT2D eigenvalue weighted by molar-refractivity contribution is 5.78. The van der Waals surface area contributed by atoms with Crippen molar-refractivity contribution in [3.63, 3.8) is 0 Å². The molecular formula is C19H27N3O4. The van der Waals surface area contributed by atoms with E-state index in [0.717, 1.165) is 5.56 Å². The smallest absolute Gasteiger partial charge is 0.317 e. The van der Waals surface area contributed by atoms with Gasteiger partial charge in [-0.15, -0.1) is 0 Å². The lowest BCUT2D eigenvalue weighted by Crippen LogP contribution is -2.64. The molecule has 7 nitrogen and oxygen atoms in total. The quantitative estimate of drug-likeness (QED) is 0.884. The summed E-state index contributed by atoms with van der Waals surface area (Å²) in [7, 11) is 0. The third-order valence-corrected chi connectivity index (χ3v) is 4.70. The molecule has 1 atom stereocenters. The molecule has 0 bridgehead atoms. The van der Waals surface area contributed by atoms with E-state index in [2.05, 4.69) is 5.32 Å². The summed E-state index contributed by atoms with van der Waals surface area (Å²) in [5, 5.41) is 2.94. The van der Waals surface area contributed by atoms with Crippen LogP contribution in [-0.2, 0) is 20.8 Å². The molecule has 2 fully saturated rings. The molecule has 26 heavy (non-hydrogen) atoms. The van der Waals surface area contributed by atoms with Gasteiger partial charge in [0, 0.05) is 25.6 Å². The topological polar surface area (TPSA) is 71.1 Å². The monoisotopic (exact) mass is 361 g/mol. The Morgan fingerprint density at radius 1 is 1.08 bits per heavy atom. The minimum absolute atomic E-state index is 0.0704. The molecule has 2 heterocycles. The molecule has 3 amide bonds. The van der Waals surface area contributed by atoms with Crippen LogP contribution in [0, 0.1) is 5.92 Å². The van der Waals surface area contributed by atoms with E-state index < -0.39 is 5.79 Å². The number of amides is 3. The Morgan fingerprint density at radius 3 is 2.35 bits per heavy atom. The van der Waals surface area contributed by atoms with E-state index in [0.29, 0.717) is 45.9 Å². The van der Waals surface area contributed by atoms with E-state index in [1.807, 2.05) is 44.2 Å². The van der Waals surface area contributed by atoms with Gasteiger partial charge in [0.25, 0.3) is 0 Å². The Kier molecular flexibility index (Phi) is 5.78. The number of morpholine rings is 2. The largest absolute Gasteiger partial charge is 0.345 e. The molecule has 1 spiro atoms. The van der Waals surface area contributed by atoms with E-state index >= 15 is 0 Å². The predicted octanol–water partition coefficient (Wildman–Crippen LogP) is 1.44. The molecule has 1 N–H and O–H groups in total. The van der Waals surface area contributed by atoms with Crippen molar-refractivity contribution in [2.75, 3.05) is 39.4 Å². The Balaban J connectivity index is 1.59. The lowest BCUT2D eigenvalue weighted by atomic mass is 10.1. The molecule has 142 valence electrons. The lowest BCUT2D eigenvalue weighted by molar-refractivity contribution is -0.284. The average molecular weight is 361 g/mol. The third kappa shape index (κ3) is 4.34. The van der Waals surface area contributed by atoms with Gasteiger partial charge in [-0.2, -0.15) is 0 Å². The third-order valence-electron chi connectivity index (χ3n) is 4.70. The van der Waals surface area contributed by atoms with Crippen molar-refractivity contribution in [1.82, 2.24) is 15.1 Å². The molecule has 2 aliphatic heterocycles.